The molecule has 0 heterocycles. The van der Waals surface area contributed by atoms with Gasteiger partial charge in [0.05, 0.1) is 20.8 Å². The van der Waals surface area contributed by atoms with Crippen LogP contribution in [0, 0.1) is 6.92 Å². The third-order valence-corrected chi connectivity index (χ3v) is 4.55. The number of anilines is 1. The number of nitrogens with zero attached hydrogens (tertiary/aromatic N) is 1. The van der Waals surface area contributed by atoms with Crippen LogP contribution in [0.2, 0.25) is 0 Å². The summed E-state index contributed by atoms with van der Waals surface area (Å²) < 4.78 is 15.9. The molecule has 0 radical (unpaired) electrons. The molecular weight excluding hydrogens is 360 g/mol. The molecule has 0 bridgehead atoms. The van der Waals surface area contributed by atoms with Crippen molar-refractivity contribution >= 4 is 23.0 Å². The van der Waals surface area contributed by atoms with Crippen molar-refractivity contribution < 1.29 is 14.2 Å². The highest BCUT2D eigenvalue weighted by atomic mass is 32.1. The van der Waals surface area contributed by atoms with E-state index in [1.54, 1.807) is 21.3 Å². The second-order valence-electron chi connectivity index (χ2n) is 6.19. The van der Waals surface area contributed by atoms with Crippen LogP contribution in [-0.2, 0) is 11.3 Å². The molecule has 0 amide bonds. The first-order chi connectivity index (χ1) is 13.1. The highest BCUT2D eigenvalue weighted by Crippen LogP contribution is 2.29. The Morgan fingerprint density at radius 1 is 1.00 bits per heavy atom. The summed E-state index contributed by atoms with van der Waals surface area (Å²) in [4.78, 5) is 2.09. The van der Waals surface area contributed by atoms with Crippen molar-refractivity contribution in [3.05, 3.63) is 53.6 Å². The first-order valence-electron chi connectivity index (χ1n) is 8.91. The van der Waals surface area contributed by atoms with E-state index in [4.69, 9.17) is 26.4 Å². The fraction of sp³-hybridized carbons (Fsp3) is 0.381. The number of aryl methyl sites for hydroxylation is 1. The predicted molar refractivity (Wildman–Crippen MR) is 114 cm³/mol. The Morgan fingerprint density at radius 3 is 2.33 bits per heavy atom. The Labute approximate surface area is 167 Å². The molecule has 146 valence electrons. The number of ether oxygens (including phenoxy) is 3. The SMILES string of the molecule is COCCCNC(=S)N(Cc1ccc(OC)c(OC)c1)c1ccc(C)cc1. The van der Waals surface area contributed by atoms with Gasteiger partial charge in [-0.2, -0.15) is 0 Å². The fourth-order valence-corrected chi connectivity index (χ4v) is 2.95. The van der Waals surface area contributed by atoms with Gasteiger partial charge < -0.3 is 24.4 Å². The van der Waals surface area contributed by atoms with Crippen LogP contribution in [0.1, 0.15) is 17.5 Å². The summed E-state index contributed by atoms with van der Waals surface area (Å²) in [6.07, 6.45) is 0.898. The predicted octanol–water partition coefficient (Wildman–Crippen LogP) is 3.93. The average molecular weight is 389 g/mol. The maximum atomic E-state index is 5.67. The number of hydrogen-bond donors (Lipinski definition) is 1. The molecule has 0 unspecified atom stereocenters. The topological polar surface area (TPSA) is 43.0 Å². The highest BCUT2D eigenvalue weighted by Gasteiger charge is 2.14. The van der Waals surface area contributed by atoms with Gasteiger partial charge in [0.1, 0.15) is 0 Å². The van der Waals surface area contributed by atoms with Gasteiger partial charge in [0.25, 0.3) is 0 Å². The van der Waals surface area contributed by atoms with Gasteiger partial charge >= 0.3 is 0 Å². The van der Waals surface area contributed by atoms with E-state index in [0.717, 1.165) is 24.2 Å². The van der Waals surface area contributed by atoms with Crippen molar-refractivity contribution in [2.24, 2.45) is 0 Å². The summed E-state index contributed by atoms with van der Waals surface area (Å²) in [6.45, 7) is 4.17. The monoisotopic (exact) mass is 388 g/mol. The number of rotatable bonds is 9. The van der Waals surface area contributed by atoms with E-state index in [-0.39, 0.29) is 0 Å². The normalized spacial score (nSPS) is 10.4. The van der Waals surface area contributed by atoms with E-state index >= 15 is 0 Å². The van der Waals surface area contributed by atoms with Crippen LogP contribution < -0.4 is 19.7 Å². The summed E-state index contributed by atoms with van der Waals surface area (Å²) in [7, 11) is 4.98. The second-order valence-corrected chi connectivity index (χ2v) is 6.58. The van der Waals surface area contributed by atoms with E-state index in [0.29, 0.717) is 29.8 Å². The number of nitrogens with one attached hydrogen (secondary N) is 1. The van der Waals surface area contributed by atoms with Crippen LogP contribution in [0.3, 0.4) is 0 Å². The molecule has 0 aliphatic rings. The van der Waals surface area contributed by atoms with E-state index in [1.165, 1.54) is 5.56 Å². The van der Waals surface area contributed by atoms with Gasteiger partial charge in [-0.15, -0.1) is 0 Å². The van der Waals surface area contributed by atoms with Crippen molar-refractivity contribution in [1.29, 1.82) is 0 Å². The quantitative estimate of drug-likeness (QED) is 0.519. The lowest BCUT2D eigenvalue weighted by Gasteiger charge is -2.26. The molecule has 2 aromatic rings. The van der Waals surface area contributed by atoms with Gasteiger partial charge in [0.2, 0.25) is 0 Å². The van der Waals surface area contributed by atoms with Gasteiger partial charge in [0, 0.05) is 25.9 Å². The van der Waals surface area contributed by atoms with E-state index in [2.05, 4.69) is 41.4 Å². The fourth-order valence-electron chi connectivity index (χ4n) is 2.67. The van der Waals surface area contributed by atoms with Gasteiger partial charge in [0.15, 0.2) is 16.6 Å². The third-order valence-electron chi connectivity index (χ3n) is 4.18. The Morgan fingerprint density at radius 2 is 1.70 bits per heavy atom. The van der Waals surface area contributed by atoms with Crippen LogP contribution in [0.4, 0.5) is 5.69 Å². The molecule has 2 aromatic carbocycles. The number of methoxy groups -OCH3 is 3. The molecule has 1 N–H and O–H groups in total. The van der Waals surface area contributed by atoms with Crippen LogP contribution in [-0.4, -0.2) is 39.6 Å². The Kier molecular flexibility index (Phi) is 8.36. The Balaban J connectivity index is 2.21. The van der Waals surface area contributed by atoms with Gasteiger partial charge in [-0.3, -0.25) is 0 Å². The van der Waals surface area contributed by atoms with E-state index in [9.17, 15) is 0 Å². The largest absolute Gasteiger partial charge is 0.493 e. The molecule has 0 fully saturated rings. The summed E-state index contributed by atoms with van der Waals surface area (Å²) >= 11 is 5.67. The van der Waals surface area contributed by atoms with Crippen LogP contribution in [0.15, 0.2) is 42.5 Å². The maximum Gasteiger partial charge on any atom is 0.173 e. The second kappa shape index (κ2) is 10.7. The number of thiocarbonyl (C=S) groups is 1. The summed E-state index contributed by atoms with van der Waals surface area (Å²) in [5, 5.41) is 4.01. The van der Waals surface area contributed by atoms with Gasteiger partial charge in [-0.25, -0.2) is 0 Å². The zero-order valence-electron chi connectivity index (χ0n) is 16.5. The van der Waals surface area contributed by atoms with Crippen molar-refractivity contribution in [2.45, 2.75) is 19.9 Å². The van der Waals surface area contributed by atoms with Crippen molar-refractivity contribution in [2.75, 3.05) is 39.4 Å². The van der Waals surface area contributed by atoms with Gasteiger partial charge in [-0.05, 0) is 55.4 Å². The molecule has 0 spiro atoms. The molecule has 0 saturated carbocycles. The number of hydrogen-bond acceptors (Lipinski definition) is 4. The average Bonchev–Trinajstić information content (AvgIpc) is 2.69. The molecule has 0 aromatic heterocycles. The smallest absolute Gasteiger partial charge is 0.173 e. The molecule has 0 aliphatic heterocycles. The van der Waals surface area contributed by atoms with E-state index < -0.39 is 0 Å². The van der Waals surface area contributed by atoms with Crippen LogP contribution in [0.5, 0.6) is 11.5 Å². The van der Waals surface area contributed by atoms with Crippen molar-refractivity contribution in [3.8, 4) is 11.5 Å². The van der Waals surface area contributed by atoms with E-state index in [1.807, 2.05) is 18.2 Å². The lowest BCUT2D eigenvalue weighted by atomic mass is 10.1. The summed E-state index contributed by atoms with van der Waals surface area (Å²) in [5.74, 6) is 1.42. The maximum absolute atomic E-state index is 5.67. The molecule has 27 heavy (non-hydrogen) atoms. The van der Waals surface area contributed by atoms with Crippen molar-refractivity contribution in [1.82, 2.24) is 5.32 Å². The molecule has 6 heteroatoms. The molecule has 0 aliphatic carbocycles. The lowest BCUT2D eigenvalue weighted by molar-refractivity contribution is 0.195. The summed E-state index contributed by atoms with van der Waals surface area (Å²) in [5.41, 5.74) is 3.33. The minimum absolute atomic E-state index is 0.625. The number of benzene rings is 2. The van der Waals surface area contributed by atoms with Crippen molar-refractivity contribution in [3.63, 3.8) is 0 Å². The summed E-state index contributed by atoms with van der Waals surface area (Å²) in [6, 6.07) is 14.3. The zero-order chi connectivity index (χ0) is 19.6. The lowest BCUT2D eigenvalue weighted by Crippen LogP contribution is -2.40. The first-order valence-corrected chi connectivity index (χ1v) is 9.31. The molecule has 0 atom stereocenters. The first kappa shape index (κ1) is 21.0. The Bertz CT molecular complexity index is 735. The minimum atomic E-state index is 0.625. The molecule has 2 rings (SSSR count). The molecule has 0 saturated heterocycles. The van der Waals surface area contributed by atoms with Gasteiger partial charge in [-0.1, -0.05) is 23.8 Å². The third kappa shape index (κ3) is 6.12. The van der Waals surface area contributed by atoms with Crippen LogP contribution in [0.25, 0.3) is 0 Å². The highest BCUT2D eigenvalue weighted by molar-refractivity contribution is 7.80. The molecule has 5 nitrogen and oxygen atoms in total. The Hall–Kier alpha value is -2.31. The van der Waals surface area contributed by atoms with Crippen LogP contribution >= 0.6 is 12.2 Å². The zero-order valence-corrected chi connectivity index (χ0v) is 17.3. The standard InChI is InChI=1S/C21H28N2O3S/c1-16-6-9-18(10-7-16)23(21(27)22-12-5-13-24-2)15-17-8-11-19(25-3)20(14-17)26-4/h6-11,14H,5,12-13,15H2,1-4H3,(H,22,27). The minimum Gasteiger partial charge on any atom is -0.493 e. The molecular formula is C21H28N2O3S.